The van der Waals surface area contributed by atoms with Crippen molar-refractivity contribution >= 4 is 12.0 Å². The number of ether oxygens (including phenoxy) is 3. The van der Waals surface area contributed by atoms with E-state index in [0.29, 0.717) is 40.3 Å². The van der Waals surface area contributed by atoms with Gasteiger partial charge in [0.1, 0.15) is 12.4 Å². The fraction of sp³-hybridized carbons (Fsp3) is 0.304. The number of rotatable bonds is 8. The number of carbonyl (C=O) groups excluding carboxylic acids is 2. The topological polar surface area (TPSA) is 85.9 Å². The molecule has 3 rings (SSSR count). The van der Waals surface area contributed by atoms with Crippen LogP contribution in [0.4, 0.5) is 9.18 Å². The van der Waals surface area contributed by atoms with Crippen LogP contribution < -0.4 is 20.1 Å². The van der Waals surface area contributed by atoms with Crippen molar-refractivity contribution in [3.8, 4) is 11.5 Å². The van der Waals surface area contributed by atoms with Gasteiger partial charge in [-0.2, -0.15) is 0 Å². The Bertz CT molecular complexity index is 1010. The maximum atomic E-state index is 13.9. The molecule has 2 amide bonds. The monoisotopic (exact) mass is 428 g/mol. The average molecular weight is 428 g/mol. The Morgan fingerprint density at radius 2 is 1.94 bits per heavy atom. The minimum atomic E-state index is -0.715. The molecule has 7 nitrogen and oxygen atoms in total. The third-order valence-corrected chi connectivity index (χ3v) is 4.79. The van der Waals surface area contributed by atoms with Crippen molar-refractivity contribution < 1.29 is 28.2 Å². The molecule has 0 spiro atoms. The van der Waals surface area contributed by atoms with Gasteiger partial charge in [-0.25, -0.2) is 14.0 Å². The van der Waals surface area contributed by atoms with Crippen LogP contribution in [0.2, 0.25) is 0 Å². The summed E-state index contributed by atoms with van der Waals surface area (Å²) < 4.78 is 30.3. The molecule has 164 valence electrons. The second kappa shape index (κ2) is 9.97. The Kier molecular flexibility index (Phi) is 7.12. The summed E-state index contributed by atoms with van der Waals surface area (Å²) in [5.41, 5.74) is 1.77. The molecular weight excluding hydrogens is 403 g/mol. The summed E-state index contributed by atoms with van der Waals surface area (Å²) in [5, 5.41) is 5.36. The van der Waals surface area contributed by atoms with Crippen molar-refractivity contribution in [2.75, 3.05) is 13.7 Å². The van der Waals surface area contributed by atoms with E-state index in [1.54, 1.807) is 43.3 Å². The summed E-state index contributed by atoms with van der Waals surface area (Å²) in [6.07, 6.45) is 0.685. The van der Waals surface area contributed by atoms with E-state index in [-0.39, 0.29) is 19.0 Å². The molecule has 8 heteroatoms. The normalized spacial score (nSPS) is 15.7. The fourth-order valence-corrected chi connectivity index (χ4v) is 3.24. The second-order valence-corrected chi connectivity index (χ2v) is 7.00. The lowest BCUT2D eigenvalue weighted by molar-refractivity contribution is -0.139. The van der Waals surface area contributed by atoms with Crippen molar-refractivity contribution in [3.63, 3.8) is 0 Å². The summed E-state index contributed by atoms with van der Waals surface area (Å²) in [4.78, 5) is 24.7. The quantitative estimate of drug-likeness (QED) is 0.621. The number of esters is 1. The van der Waals surface area contributed by atoms with Gasteiger partial charge in [0, 0.05) is 11.3 Å². The lowest BCUT2D eigenvalue weighted by Crippen LogP contribution is -2.45. The molecule has 2 N–H and O–H groups in total. The fourth-order valence-electron chi connectivity index (χ4n) is 3.24. The highest BCUT2D eigenvalue weighted by Gasteiger charge is 2.32. The van der Waals surface area contributed by atoms with Gasteiger partial charge in [-0.1, -0.05) is 31.2 Å². The molecule has 0 saturated carbocycles. The number of nitrogens with one attached hydrogen (secondary N) is 2. The number of urea groups is 1. The van der Waals surface area contributed by atoms with Gasteiger partial charge in [0.2, 0.25) is 0 Å². The first kappa shape index (κ1) is 22.1. The first-order chi connectivity index (χ1) is 14.9. The molecular formula is C23H25FN2O5. The van der Waals surface area contributed by atoms with Crippen molar-refractivity contribution in [1.82, 2.24) is 10.6 Å². The Morgan fingerprint density at radius 1 is 1.16 bits per heavy atom. The molecule has 0 bridgehead atoms. The summed E-state index contributed by atoms with van der Waals surface area (Å²) >= 11 is 0. The van der Waals surface area contributed by atoms with Gasteiger partial charge < -0.3 is 24.8 Å². The van der Waals surface area contributed by atoms with Crippen LogP contribution in [-0.4, -0.2) is 25.7 Å². The highest BCUT2D eigenvalue weighted by molar-refractivity contribution is 5.95. The number of carbonyl (C=O) groups is 2. The molecule has 2 aromatic carbocycles. The van der Waals surface area contributed by atoms with E-state index in [4.69, 9.17) is 14.2 Å². The van der Waals surface area contributed by atoms with Gasteiger partial charge in [0.15, 0.2) is 11.5 Å². The highest BCUT2D eigenvalue weighted by Crippen LogP contribution is 2.35. The first-order valence-corrected chi connectivity index (χ1v) is 9.94. The standard InChI is InChI=1S/C23H25FN2O5/c1-4-11-30-22(27)20-14(2)25-23(28)26-21(20)15-9-10-18(19(12-15)29-3)31-13-16-7-5-6-8-17(16)24/h5-10,12,21H,4,11,13H2,1-3H3,(H2,25,26,28). The van der Waals surface area contributed by atoms with Crippen LogP contribution in [0.15, 0.2) is 53.7 Å². The molecule has 0 radical (unpaired) electrons. The van der Waals surface area contributed by atoms with E-state index in [1.807, 2.05) is 6.92 Å². The largest absolute Gasteiger partial charge is 0.493 e. The summed E-state index contributed by atoms with van der Waals surface area (Å²) in [5.74, 6) is -0.0619. The minimum Gasteiger partial charge on any atom is -0.493 e. The zero-order valence-electron chi connectivity index (χ0n) is 17.7. The Labute approximate surface area is 180 Å². The smallest absolute Gasteiger partial charge is 0.338 e. The summed E-state index contributed by atoms with van der Waals surface area (Å²) in [6, 6.07) is 10.3. The average Bonchev–Trinajstić information content (AvgIpc) is 2.76. The van der Waals surface area contributed by atoms with E-state index >= 15 is 0 Å². The zero-order valence-corrected chi connectivity index (χ0v) is 17.7. The molecule has 1 aliphatic heterocycles. The molecule has 0 saturated heterocycles. The molecule has 1 unspecified atom stereocenters. The highest BCUT2D eigenvalue weighted by atomic mass is 19.1. The predicted molar refractivity (Wildman–Crippen MR) is 112 cm³/mol. The molecule has 0 aromatic heterocycles. The lowest BCUT2D eigenvalue weighted by atomic mass is 9.95. The number of benzene rings is 2. The molecule has 1 atom stereocenters. The number of hydrogen-bond donors (Lipinski definition) is 2. The number of allylic oxidation sites excluding steroid dienone is 1. The van der Waals surface area contributed by atoms with E-state index in [0.717, 1.165) is 0 Å². The third-order valence-electron chi connectivity index (χ3n) is 4.79. The molecule has 0 fully saturated rings. The van der Waals surface area contributed by atoms with Gasteiger partial charge in [-0.15, -0.1) is 0 Å². The number of halogens is 1. The number of hydrogen-bond acceptors (Lipinski definition) is 5. The number of methoxy groups -OCH3 is 1. The molecule has 2 aromatic rings. The molecule has 31 heavy (non-hydrogen) atoms. The van der Waals surface area contributed by atoms with E-state index in [2.05, 4.69) is 10.6 Å². The van der Waals surface area contributed by atoms with Crippen molar-refractivity contribution in [3.05, 3.63) is 70.7 Å². The molecule has 1 aliphatic rings. The second-order valence-electron chi connectivity index (χ2n) is 7.00. The number of amides is 2. The van der Waals surface area contributed by atoms with Gasteiger partial charge in [0.05, 0.1) is 25.3 Å². The van der Waals surface area contributed by atoms with Crippen LogP contribution in [0, 0.1) is 5.82 Å². The van der Waals surface area contributed by atoms with E-state index in [1.165, 1.54) is 13.2 Å². The Balaban J connectivity index is 1.87. The molecule has 0 aliphatic carbocycles. The summed E-state index contributed by atoms with van der Waals surface area (Å²) in [7, 11) is 1.48. The van der Waals surface area contributed by atoms with Crippen molar-refractivity contribution in [2.45, 2.75) is 32.9 Å². The maximum absolute atomic E-state index is 13.9. The molecule has 1 heterocycles. The lowest BCUT2D eigenvalue weighted by Gasteiger charge is -2.28. The van der Waals surface area contributed by atoms with Crippen molar-refractivity contribution in [1.29, 1.82) is 0 Å². The van der Waals surface area contributed by atoms with Crippen LogP contribution in [0.1, 0.15) is 37.4 Å². The van der Waals surface area contributed by atoms with Gasteiger partial charge in [-0.3, -0.25) is 0 Å². The minimum absolute atomic E-state index is 0.0278. The first-order valence-electron chi connectivity index (χ1n) is 9.94. The van der Waals surface area contributed by atoms with Crippen molar-refractivity contribution in [2.24, 2.45) is 0 Å². The Hall–Kier alpha value is -3.55. The third kappa shape index (κ3) is 5.14. The predicted octanol–water partition coefficient (Wildman–Crippen LogP) is 3.99. The van der Waals surface area contributed by atoms with Gasteiger partial charge in [0.25, 0.3) is 0 Å². The van der Waals surface area contributed by atoms with E-state index < -0.39 is 18.0 Å². The van der Waals surface area contributed by atoms with Crippen LogP contribution in [0.5, 0.6) is 11.5 Å². The van der Waals surface area contributed by atoms with Gasteiger partial charge in [-0.05, 0) is 37.1 Å². The van der Waals surface area contributed by atoms with E-state index in [9.17, 15) is 14.0 Å². The van der Waals surface area contributed by atoms with Crippen LogP contribution in [-0.2, 0) is 16.1 Å². The zero-order chi connectivity index (χ0) is 22.4. The summed E-state index contributed by atoms with van der Waals surface area (Å²) in [6.45, 7) is 3.86. The van der Waals surface area contributed by atoms with Crippen LogP contribution >= 0.6 is 0 Å². The maximum Gasteiger partial charge on any atom is 0.338 e. The Morgan fingerprint density at radius 3 is 2.65 bits per heavy atom. The van der Waals surface area contributed by atoms with Gasteiger partial charge >= 0.3 is 12.0 Å². The van der Waals surface area contributed by atoms with Crippen LogP contribution in [0.25, 0.3) is 0 Å². The SMILES string of the molecule is CCCOC(=O)C1=C(C)NC(=O)NC1c1ccc(OCc2ccccc2F)c(OC)c1. The van der Waals surface area contributed by atoms with Crippen LogP contribution in [0.3, 0.4) is 0 Å².